The van der Waals surface area contributed by atoms with E-state index in [1.165, 1.54) is 35.6 Å². The van der Waals surface area contributed by atoms with Gasteiger partial charge in [-0.05, 0) is 42.8 Å². The standard InChI is InChI=1S/C27H29ClN6O4S2/c28-23-5-1-6-24-25(23)31-27(39-24)34(16-4-13-32-17-19-38-20-18-32)26(35)21-7-9-22(10-8-21)40(36,37)33(14-2-11-29)15-3-12-30/h1,5-10H,2-4,13-20H2. The van der Waals surface area contributed by atoms with Crippen LogP contribution >= 0.6 is 22.9 Å². The molecule has 2 heterocycles. The largest absolute Gasteiger partial charge is 0.379 e. The molecular weight excluding hydrogens is 572 g/mol. The number of amides is 1. The molecule has 13 heteroatoms. The minimum Gasteiger partial charge on any atom is -0.379 e. The van der Waals surface area contributed by atoms with Crippen molar-refractivity contribution in [3.05, 3.63) is 53.1 Å². The van der Waals surface area contributed by atoms with Crippen molar-refractivity contribution in [2.75, 3.05) is 57.4 Å². The molecule has 210 valence electrons. The summed E-state index contributed by atoms with van der Waals surface area (Å²) in [6.07, 6.45) is 0.730. The molecule has 1 aliphatic heterocycles. The molecule has 0 radical (unpaired) electrons. The Labute approximate surface area is 243 Å². The minimum atomic E-state index is -3.94. The predicted octanol–water partition coefficient (Wildman–Crippen LogP) is 4.14. The maximum absolute atomic E-state index is 13.8. The second-order valence-electron chi connectivity index (χ2n) is 9.09. The SMILES string of the molecule is N#CCCN(CCC#N)S(=O)(=O)c1ccc(C(=O)N(CCCN2CCOCC2)c2nc3c(Cl)cccc3s2)cc1. The van der Waals surface area contributed by atoms with Crippen molar-refractivity contribution in [3.63, 3.8) is 0 Å². The van der Waals surface area contributed by atoms with Gasteiger partial charge in [-0.25, -0.2) is 13.4 Å². The zero-order valence-corrected chi connectivity index (χ0v) is 24.2. The summed E-state index contributed by atoms with van der Waals surface area (Å²) in [5.74, 6) is -0.299. The van der Waals surface area contributed by atoms with Crippen LogP contribution in [0, 0.1) is 22.7 Å². The average molecular weight is 601 g/mol. The van der Waals surface area contributed by atoms with E-state index in [1.807, 2.05) is 24.3 Å². The van der Waals surface area contributed by atoms with Crippen molar-refractivity contribution < 1.29 is 17.9 Å². The molecule has 1 aromatic heterocycles. The number of carbonyl (C=O) groups is 1. The van der Waals surface area contributed by atoms with E-state index in [9.17, 15) is 13.2 Å². The van der Waals surface area contributed by atoms with E-state index in [0.717, 1.165) is 28.6 Å². The lowest BCUT2D eigenvalue weighted by atomic mass is 10.2. The molecule has 0 bridgehead atoms. The Balaban J connectivity index is 1.57. The van der Waals surface area contributed by atoms with Crippen molar-refractivity contribution in [3.8, 4) is 12.1 Å². The number of morpholine rings is 1. The van der Waals surface area contributed by atoms with Crippen LogP contribution in [0.1, 0.15) is 29.6 Å². The lowest BCUT2D eigenvalue weighted by molar-refractivity contribution is 0.0376. The number of nitriles is 2. The normalized spacial score (nSPS) is 14.2. The number of thiazole rings is 1. The first-order valence-corrected chi connectivity index (χ1v) is 15.5. The molecule has 0 spiro atoms. The number of nitrogens with zero attached hydrogens (tertiary/aromatic N) is 6. The van der Waals surface area contributed by atoms with Crippen molar-refractivity contribution in [2.45, 2.75) is 24.2 Å². The van der Waals surface area contributed by atoms with E-state index >= 15 is 0 Å². The van der Waals surface area contributed by atoms with Crippen LogP contribution in [0.3, 0.4) is 0 Å². The fraction of sp³-hybridized carbons (Fsp3) is 0.407. The first-order valence-electron chi connectivity index (χ1n) is 12.9. The smallest absolute Gasteiger partial charge is 0.260 e. The lowest BCUT2D eigenvalue weighted by Crippen LogP contribution is -2.39. The Kier molecular flexibility index (Phi) is 10.5. The zero-order chi connectivity index (χ0) is 28.5. The van der Waals surface area contributed by atoms with Crippen molar-refractivity contribution in [1.29, 1.82) is 10.5 Å². The Bertz CT molecular complexity index is 1490. The van der Waals surface area contributed by atoms with Gasteiger partial charge in [-0.3, -0.25) is 14.6 Å². The summed E-state index contributed by atoms with van der Waals surface area (Å²) < 4.78 is 33.8. The van der Waals surface area contributed by atoms with Crippen molar-refractivity contribution >= 4 is 54.2 Å². The lowest BCUT2D eigenvalue weighted by Gasteiger charge is -2.27. The maximum Gasteiger partial charge on any atom is 0.260 e. The summed E-state index contributed by atoms with van der Waals surface area (Å²) in [6.45, 7) is 4.27. The van der Waals surface area contributed by atoms with Crippen LogP contribution in [0.5, 0.6) is 0 Å². The Morgan fingerprint density at radius 3 is 2.35 bits per heavy atom. The number of carbonyl (C=O) groups excluding carboxylic acids is 1. The minimum absolute atomic E-state index is 0.00677. The van der Waals surface area contributed by atoms with E-state index in [-0.39, 0.29) is 36.7 Å². The van der Waals surface area contributed by atoms with E-state index in [0.29, 0.717) is 47.4 Å². The van der Waals surface area contributed by atoms with Gasteiger partial charge in [0.05, 0.1) is 40.0 Å². The van der Waals surface area contributed by atoms with E-state index in [4.69, 9.17) is 26.9 Å². The third-order valence-electron chi connectivity index (χ3n) is 6.48. The number of hydrogen-bond acceptors (Lipinski definition) is 9. The summed E-state index contributed by atoms with van der Waals surface area (Å²) in [5, 5.41) is 18.9. The van der Waals surface area contributed by atoms with Crippen LogP contribution in [-0.2, 0) is 14.8 Å². The fourth-order valence-corrected chi connectivity index (χ4v) is 7.09. The van der Waals surface area contributed by atoms with Gasteiger partial charge in [0.25, 0.3) is 5.91 Å². The molecule has 0 atom stereocenters. The average Bonchev–Trinajstić information content (AvgIpc) is 3.41. The Hall–Kier alpha value is -3.10. The van der Waals surface area contributed by atoms with E-state index in [2.05, 4.69) is 9.88 Å². The number of aromatic nitrogens is 1. The number of fused-ring (bicyclic) bond motifs is 1. The number of anilines is 1. The van der Waals surface area contributed by atoms with E-state index < -0.39 is 10.0 Å². The molecular formula is C27H29ClN6O4S2. The quantitative estimate of drug-likeness (QED) is 0.303. The first kappa shape index (κ1) is 29.9. The number of rotatable bonds is 12. The monoisotopic (exact) mass is 600 g/mol. The molecule has 1 fully saturated rings. The molecule has 2 aromatic carbocycles. The van der Waals surface area contributed by atoms with Gasteiger partial charge in [-0.15, -0.1) is 0 Å². The van der Waals surface area contributed by atoms with Gasteiger partial charge >= 0.3 is 0 Å². The third kappa shape index (κ3) is 7.15. The van der Waals surface area contributed by atoms with Crippen LogP contribution in [0.25, 0.3) is 10.2 Å². The van der Waals surface area contributed by atoms with Gasteiger partial charge < -0.3 is 4.74 Å². The van der Waals surface area contributed by atoms with Crippen molar-refractivity contribution in [1.82, 2.24) is 14.2 Å². The van der Waals surface area contributed by atoms with Gasteiger partial charge in [0.1, 0.15) is 5.52 Å². The Morgan fingerprint density at radius 2 is 1.73 bits per heavy atom. The van der Waals surface area contributed by atoms with Gasteiger partial charge in [0.2, 0.25) is 10.0 Å². The van der Waals surface area contributed by atoms with Gasteiger partial charge in [-0.1, -0.05) is 29.0 Å². The van der Waals surface area contributed by atoms with Gasteiger partial charge in [0, 0.05) is 57.7 Å². The molecule has 0 N–H and O–H groups in total. The maximum atomic E-state index is 13.8. The highest BCUT2D eigenvalue weighted by Gasteiger charge is 2.26. The summed E-state index contributed by atoms with van der Waals surface area (Å²) >= 11 is 7.73. The number of ether oxygens (including phenoxy) is 1. The third-order valence-corrected chi connectivity index (χ3v) is 9.74. The topological polar surface area (TPSA) is 131 Å². The molecule has 1 aliphatic rings. The molecule has 3 aromatic rings. The Morgan fingerprint density at radius 1 is 1.05 bits per heavy atom. The highest BCUT2D eigenvalue weighted by molar-refractivity contribution is 7.89. The number of halogens is 1. The predicted molar refractivity (Wildman–Crippen MR) is 154 cm³/mol. The summed E-state index contributed by atoms with van der Waals surface area (Å²) in [7, 11) is -3.94. The van der Waals surface area contributed by atoms with Crippen LogP contribution in [0.4, 0.5) is 5.13 Å². The molecule has 0 aliphatic carbocycles. The molecule has 1 amide bonds. The zero-order valence-electron chi connectivity index (χ0n) is 21.8. The van der Waals surface area contributed by atoms with Crippen LogP contribution in [-0.4, -0.2) is 81.0 Å². The molecule has 10 nitrogen and oxygen atoms in total. The van der Waals surface area contributed by atoms with Crippen LogP contribution < -0.4 is 4.90 Å². The summed E-state index contributed by atoms with van der Waals surface area (Å²) in [5.41, 5.74) is 0.947. The molecule has 0 saturated carbocycles. The van der Waals surface area contributed by atoms with Gasteiger partial charge in [-0.2, -0.15) is 14.8 Å². The number of sulfonamides is 1. The highest BCUT2D eigenvalue weighted by Crippen LogP contribution is 2.33. The van der Waals surface area contributed by atoms with Crippen molar-refractivity contribution in [2.24, 2.45) is 0 Å². The fourth-order valence-electron chi connectivity index (χ4n) is 4.36. The number of benzene rings is 2. The number of hydrogen-bond donors (Lipinski definition) is 0. The second kappa shape index (κ2) is 14.0. The first-order chi connectivity index (χ1) is 19.3. The molecule has 4 rings (SSSR count). The number of para-hydroxylation sites is 1. The van der Waals surface area contributed by atoms with Crippen LogP contribution in [0.2, 0.25) is 5.02 Å². The summed E-state index contributed by atoms with van der Waals surface area (Å²) in [6, 6.07) is 15.1. The second-order valence-corrected chi connectivity index (χ2v) is 12.4. The molecule has 0 unspecified atom stereocenters. The van der Waals surface area contributed by atoms with Gasteiger partial charge in [0.15, 0.2) is 5.13 Å². The summed E-state index contributed by atoms with van der Waals surface area (Å²) in [4.78, 5) is 22.3. The molecule has 1 saturated heterocycles. The van der Waals surface area contributed by atoms with Crippen LogP contribution in [0.15, 0.2) is 47.4 Å². The molecule has 40 heavy (non-hydrogen) atoms. The highest BCUT2D eigenvalue weighted by atomic mass is 35.5. The van der Waals surface area contributed by atoms with E-state index in [1.54, 1.807) is 11.0 Å².